The molecular formula is C28H32ClN3O4S. The Hall–Kier alpha value is -3.36. The minimum atomic E-state index is -4.07. The summed E-state index contributed by atoms with van der Waals surface area (Å²) in [7, 11) is -4.07. The topological polar surface area (TPSA) is 86.8 Å². The van der Waals surface area contributed by atoms with Gasteiger partial charge in [0.2, 0.25) is 11.8 Å². The first-order valence-electron chi connectivity index (χ1n) is 12.2. The van der Waals surface area contributed by atoms with Crippen molar-refractivity contribution in [3.8, 4) is 0 Å². The van der Waals surface area contributed by atoms with E-state index < -0.39 is 28.5 Å². The van der Waals surface area contributed by atoms with Gasteiger partial charge in [-0.25, -0.2) is 8.42 Å². The van der Waals surface area contributed by atoms with Crippen LogP contribution in [-0.4, -0.2) is 44.3 Å². The third-order valence-corrected chi connectivity index (χ3v) is 8.04. The lowest BCUT2D eigenvalue weighted by Crippen LogP contribution is -2.52. The standard InChI is InChI=1S/C28H32ClN3O4S/c1-3-19-30-28(34)26(4-2)31(20-22-13-11-12-18-25(22)29)27(33)21-32(23-14-7-5-8-15-23)37(35,36)24-16-9-6-10-17-24/h5-18,26H,3-4,19-21H2,1-2H3,(H,30,34)/t26-/m1/s1. The van der Waals surface area contributed by atoms with Gasteiger partial charge in [-0.05, 0) is 48.7 Å². The molecule has 1 atom stereocenters. The smallest absolute Gasteiger partial charge is 0.264 e. The molecule has 3 rings (SSSR count). The normalized spacial score (nSPS) is 12.0. The van der Waals surface area contributed by atoms with Gasteiger partial charge in [0.15, 0.2) is 0 Å². The Morgan fingerprint density at radius 1 is 0.892 bits per heavy atom. The molecule has 0 unspecified atom stereocenters. The zero-order chi connectivity index (χ0) is 26.8. The zero-order valence-corrected chi connectivity index (χ0v) is 22.6. The summed E-state index contributed by atoms with van der Waals surface area (Å²) in [4.78, 5) is 28.4. The van der Waals surface area contributed by atoms with Crippen molar-refractivity contribution in [2.45, 2.75) is 44.2 Å². The molecule has 0 aromatic heterocycles. The summed E-state index contributed by atoms with van der Waals surface area (Å²) in [6.07, 6.45) is 1.10. The molecule has 2 amide bonds. The van der Waals surface area contributed by atoms with Crippen LogP contribution in [0, 0.1) is 0 Å². The second-order valence-corrected chi connectivity index (χ2v) is 10.8. The van der Waals surface area contributed by atoms with Crippen molar-refractivity contribution in [1.29, 1.82) is 0 Å². The molecule has 0 radical (unpaired) electrons. The van der Waals surface area contributed by atoms with Gasteiger partial charge >= 0.3 is 0 Å². The fourth-order valence-electron chi connectivity index (χ4n) is 3.94. The molecule has 7 nitrogen and oxygen atoms in total. The van der Waals surface area contributed by atoms with Crippen molar-refractivity contribution >= 4 is 39.1 Å². The first kappa shape index (κ1) is 28.2. The molecule has 3 aromatic carbocycles. The maximum absolute atomic E-state index is 13.9. The number of hydrogen-bond donors (Lipinski definition) is 1. The number of sulfonamides is 1. The number of benzene rings is 3. The highest BCUT2D eigenvalue weighted by Gasteiger charge is 2.33. The summed E-state index contributed by atoms with van der Waals surface area (Å²) in [6.45, 7) is 3.81. The fourth-order valence-corrected chi connectivity index (χ4v) is 5.57. The van der Waals surface area contributed by atoms with Crippen LogP contribution in [0.5, 0.6) is 0 Å². The van der Waals surface area contributed by atoms with Crippen LogP contribution in [0.25, 0.3) is 0 Å². The van der Waals surface area contributed by atoms with E-state index in [1.165, 1.54) is 17.0 Å². The number of nitrogens with zero attached hydrogens (tertiary/aromatic N) is 2. The molecule has 0 saturated heterocycles. The van der Waals surface area contributed by atoms with Gasteiger partial charge in [0.25, 0.3) is 10.0 Å². The molecule has 0 aliphatic heterocycles. The Balaban J connectivity index is 2.02. The van der Waals surface area contributed by atoms with Crippen LogP contribution in [0.15, 0.2) is 89.8 Å². The predicted molar refractivity (Wildman–Crippen MR) is 147 cm³/mol. The monoisotopic (exact) mass is 541 g/mol. The SMILES string of the molecule is CCCNC(=O)[C@@H](CC)N(Cc1ccccc1Cl)C(=O)CN(c1ccccc1)S(=O)(=O)c1ccccc1. The number of anilines is 1. The lowest BCUT2D eigenvalue weighted by molar-refractivity contribution is -0.140. The average Bonchev–Trinajstić information content (AvgIpc) is 2.92. The highest BCUT2D eigenvalue weighted by atomic mass is 35.5. The van der Waals surface area contributed by atoms with Crippen molar-refractivity contribution in [2.24, 2.45) is 0 Å². The minimum Gasteiger partial charge on any atom is -0.354 e. The van der Waals surface area contributed by atoms with Gasteiger partial charge in [-0.15, -0.1) is 0 Å². The minimum absolute atomic E-state index is 0.0601. The molecule has 0 saturated carbocycles. The number of halogens is 1. The molecule has 37 heavy (non-hydrogen) atoms. The van der Waals surface area contributed by atoms with Crippen molar-refractivity contribution < 1.29 is 18.0 Å². The number of hydrogen-bond acceptors (Lipinski definition) is 4. The third-order valence-electron chi connectivity index (χ3n) is 5.89. The molecule has 0 aliphatic carbocycles. The molecule has 0 aliphatic rings. The van der Waals surface area contributed by atoms with Crippen molar-refractivity contribution in [3.05, 3.63) is 95.5 Å². The summed E-state index contributed by atoms with van der Waals surface area (Å²) in [5.41, 5.74) is 1.01. The van der Waals surface area contributed by atoms with Gasteiger partial charge in [0.1, 0.15) is 12.6 Å². The van der Waals surface area contributed by atoms with E-state index in [4.69, 9.17) is 11.6 Å². The van der Waals surface area contributed by atoms with Gasteiger partial charge < -0.3 is 10.2 Å². The molecule has 0 heterocycles. The highest BCUT2D eigenvalue weighted by molar-refractivity contribution is 7.92. The summed E-state index contributed by atoms with van der Waals surface area (Å²) in [6, 6.07) is 22.7. The second-order valence-electron chi connectivity index (χ2n) is 8.49. The Labute approximate surface area is 224 Å². The molecule has 0 spiro atoms. The fraction of sp³-hybridized carbons (Fsp3) is 0.286. The van der Waals surface area contributed by atoms with Crippen LogP contribution in [-0.2, 0) is 26.2 Å². The molecule has 9 heteroatoms. The summed E-state index contributed by atoms with van der Waals surface area (Å²) in [5, 5.41) is 3.32. The number of carbonyl (C=O) groups is 2. The maximum atomic E-state index is 13.9. The zero-order valence-electron chi connectivity index (χ0n) is 21.0. The van der Waals surface area contributed by atoms with E-state index in [1.807, 2.05) is 13.8 Å². The number of rotatable bonds is 12. The lowest BCUT2D eigenvalue weighted by Gasteiger charge is -2.33. The summed E-state index contributed by atoms with van der Waals surface area (Å²) >= 11 is 6.39. The maximum Gasteiger partial charge on any atom is 0.264 e. The van der Waals surface area contributed by atoms with E-state index in [0.29, 0.717) is 29.2 Å². The molecule has 0 bridgehead atoms. The first-order valence-corrected chi connectivity index (χ1v) is 14.0. The van der Waals surface area contributed by atoms with Crippen molar-refractivity contribution in [3.63, 3.8) is 0 Å². The third kappa shape index (κ3) is 7.11. The van der Waals surface area contributed by atoms with E-state index in [9.17, 15) is 18.0 Å². The van der Waals surface area contributed by atoms with E-state index in [-0.39, 0.29) is 17.3 Å². The Kier molecular flexibility index (Phi) is 10.1. The number of para-hydroxylation sites is 1. The summed E-state index contributed by atoms with van der Waals surface area (Å²) < 4.78 is 28.4. The van der Waals surface area contributed by atoms with Gasteiger partial charge in [-0.3, -0.25) is 13.9 Å². The summed E-state index contributed by atoms with van der Waals surface area (Å²) in [5.74, 6) is -0.802. The predicted octanol–water partition coefficient (Wildman–Crippen LogP) is 4.87. The van der Waals surface area contributed by atoms with Gasteiger partial charge in [0.05, 0.1) is 10.6 Å². The molecular weight excluding hydrogens is 510 g/mol. The number of amides is 2. The van der Waals surface area contributed by atoms with Crippen molar-refractivity contribution in [1.82, 2.24) is 10.2 Å². The van der Waals surface area contributed by atoms with E-state index in [2.05, 4.69) is 5.32 Å². The molecule has 0 fully saturated rings. The Morgan fingerprint density at radius 2 is 1.49 bits per heavy atom. The first-order chi connectivity index (χ1) is 17.8. The van der Waals surface area contributed by atoms with E-state index in [1.54, 1.807) is 72.8 Å². The highest BCUT2D eigenvalue weighted by Crippen LogP contribution is 2.25. The van der Waals surface area contributed by atoms with Gasteiger partial charge in [-0.2, -0.15) is 0 Å². The second kappa shape index (κ2) is 13.3. The van der Waals surface area contributed by atoms with Crippen LogP contribution in [0.3, 0.4) is 0 Å². The van der Waals surface area contributed by atoms with Crippen LogP contribution in [0.1, 0.15) is 32.3 Å². The molecule has 196 valence electrons. The average molecular weight is 542 g/mol. The molecule has 1 N–H and O–H groups in total. The van der Waals surface area contributed by atoms with Gasteiger partial charge in [-0.1, -0.05) is 80.0 Å². The van der Waals surface area contributed by atoms with E-state index >= 15 is 0 Å². The number of carbonyl (C=O) groups excluding carboxylic acids is 2. The largest absolute Gasteiger partial charge is 0.354 e. The van der Waals surface area contributed by atoms with Crippen LogP contribution in [0.4, 0.5) is 5.69 Å². The van der Waals surface area contributed by atoms with Crippen LogP contribution in [0.2, 0.25) is 5.02 Å². The Bertz CT molecular complexity index is 1290. The van der Waals surface area contributed by atoms with E-state index in [0.717, 1.165) is 10.7 Å². The van der Waals surface area contributed by atoms with Crippen molar-refractivity contribution in [2.75, 3.05) is 17.4 Å². The Morgan fingerprint density at radius 3 is 2.08 bits per heavy atom. The lowest BCUT2D eigenvalue weighted by atomic mass is 10.1. The quantitative estimate of drug-likeness (QED) is 0.354. The number of nitrogens with one attached hydrogen (secondary N) is 1. The van der Waals surface area contributed by atoms with Gasteiger partial charge in [0, 0.05) is 18.1 Å². The van der Waals surface area contributed by atoms with Crippen LogP contribution >= 0.6 is 11.6 Å². The van der Waals surface area contributed by atoms with Crippen LogP contribution < -0.4 is 9.62 Å². The molecule has 3 aromatic rings.